The lowest BCUT2D eigenvalue weighted by atomic mass is 9.84. The fraction of sp³-hybridized carbons (Fsp3) is 0.538. The molecule has 0 amide bonds. The Kier molecular flexibility index (Phi) is 4.40. The van der Waals surface area contributed by atoms with Gasteiger partial charge in [0.2, 0.25) is 0 Å². The van der Waals surface area contributed by atoms with E-state index >= 15 is 0 Å². The molecule has 0 aromatic heterocycles. The summed E-state index contributed by atoms with van der Waals surface area (Å²) in [4.78, 5) is 0. The summed E-state index contributed by atoms with van der Waals surface area (Å²) in [6.45, 7) is 0.670. The number of nitrogens with two attached hydrogens (primary N) is 1. The summed E-state index contributed by atoms with van der Waals surface area (Å²) in [6.07, 6.45) is 4.64. The zero-order chi connectivity index (χ0) is 12.3. The van der Waals surface area contributed by atoms with E-state index in [4.69, 9.17) is 5.73 Å². The second-order valence-corrected chi connectivity index (χ2v) is 5.48. The van der Waals surface area contributed by atoms with Crippen molar-refractivity contribution < 1.29 is 4.39 Å². The molecule has 1 aliphatic rings. The molecule has 1 aromatic rings. The Balaban J connectivity index is 2.13. The Hall–Kier alpha value is -0.610. The zero-order valence-electron chi connectivity index (χ0n) is 9.76. The van der Waals surface area contributed by atoms with Crippen molar-refractivity contribution in [2.24, 2.45) is 11.7 Å². The SMILES string of the molecule is NCC1CCCCC1Nc1c(F)cccc1Br. The molecule has 3 N–H and O–H groups in total. The minimum absolute atomic E-state index is 0.208. The molecule has 2 atom stereocenters. The van der Waals surface area contributed by atoms with Crippen LogP contribution in [0.3, 0.4) is 0 Å². The Bertz CT molecular complexity index is 363. The summed E-state index contributed by atoms with van der Waals surface area (Å²) >= 11 is 3.38. The average Bonchev–Trinajstić information content (AvgIpc) is 2.34. The van der Waals surface area contributed by atoms with Gasteiger partial charge in [-0.2, -0.15) is 0 Å². The van der Waals surface area contributed by atoms with Crippen molar-refractivity contribution in [3.63, 3.8) is 0 Å². The lowest BCUT2D eigenvalue weighted by Gasteiger charge is -2.32. The van der Waals surface area contributed by atoms with Gasteiger partial charge in [-0.3, -0.25) is 0 Å². The molecule has 1 saturated carbocycles. The van der Waals surface area contributed by atoms with E-state index in [9.17, 15) is 4.39 Å². The summed E-state index contributed by atoms with van der Waals surface area (Å²) in [7, 11) is 0. The molecule has 1 fully saturated rings. The molecule has 0 aliphatic heterocycles. The van der Waals surface area contributed by atoms with E-state index in [1.807, 2.05) is 6.07 Å². The first-order valence-electron chi connectivity index (χ1n) is 6.13. The van der Waals surface area contributed by atoms with Crippen molar-refractivity contribution in [2.45, 2.75) is 31.7 Å². The second-order valence-electron chi connectivity index (χ2n) is 4.63. The predicted octanol–water partition coefficient (Wildman–Crippen LogP) is 3.52. The van der Waals surface area contributed by atoms with Crippen LogP contribution in [0.4, 0.5) is 10.1 Å². The van der Waals surface area contributed by atoms with Crippen molar-refractivity contribution in [1.82, 2.24) is 0 Å². The lowest BCUT2D eigenvalue weighted by molar-refractivity contribution is 0.332. The molecule has 94 valence electrons. The Labute approximate surface area is 110 Å². The molecule has 1 aliphatic carbocycles. The van der Waals surface area contributed by atoms with Crippen LogP contribution in [0, 0.1) is 11.7 Å². The molecule has 2 rings (SSSR count). The number of rotatable bonds is 3. The van der Waals surface area contributed by atoms with Crippen LogP contribution in [-0.4, -0.2) is 12.6 Å². The highest BCUT2D eigenvalue weighted by Gasteiger charge is 2.25. The van der Waals surface area contributed by atoms with Crippen molar-refractivity contribution in [2.75, 3.05) is 11.9 Å². The van der Waals surface area contributed by atoms with Crippen LogP contribution in [-0.2, 0) is 0 Å². The van der Waals surface area contributed by atoms with E-state index in [2.05, 4.69) is 21.2 Å². The molecule has 1 aromatic carbocycles. The van der Waals surface area contributed by atoms with Crippen molar-refractivity contribution >= 4 is 21.6 Å². The van der Waals surface area contributed by atoms with Gasteiger partial charge >= 0.3 is 0 Å². The van der Waals surface area contributed by atoms with E-state index < -0.39 is 0 Å². The van der Waals surface area contributed by atoms with E-state index in [0.717, 1.165) is 17.3 Å². The van der Waals surface area contributed by atoms with Crippen LogP contribution >= 0.6 is 15.9 Å². The largest absolute Gasteiger partial charge is 0.379 e. The average molecular weight is 301 g/mol. The topological polar surface area (TPSA) is 38.0 Å². The zero-order valence-corrected chi connectivity index (χ0v) is 11.3. The van der Waals surface area contributed by atoms with E-state index in [1.165, 1.54) is 18.9 Å². The summed E-state index contributed by atoms with van der Waals surface area (Å²) in [5.74, 6) is 0.246. The third-order valence-corrected chi connectivity index (χ3v) is 4.17. The van der Waals surface area contributed by atoms with Gasteiger partial charge in [0.1, 0.15) is 5.82 Å². The van der Waals surface area contributed by atoms with Crippen molar-refractivity contribution in [1.29, 1.82) is 0 Å². The number of hydrogen-bond acceptors (Lipinski definition) is 2. The fourth-order valence-corrected chi connectivity index (χ4v) is 2.96. The summed E-state index contributed by atoms with van der Waals surface area (Å²) in [5.41, 5.74) is 6.35. The van der Waals surface area contributed by atoms with E-state index in [-0.39, 0.29) is 5.82 Å². The van der Waals surface area contributed by atoms with Crippen LogP contribution in [0.25, 0.3) is 0 Å². The van der Waals surface area contributed by atoms with Crippen LogP contribution in [0.15, 0.2) is 22.7 Å². The molecule has 2 nitrogen and oxygen atoms in total. The maximum absolute atomic E-state index is 13.7. The van der Waals surface area contributed by atoms with Crippen molar-refractivity contribution in [3.05, 3.63) is 28.5 Å². The monoisotopic (exact) mass is 300 g/mol. The van der Waals surface area contributed by atoms with Crippen LogP contribution < -0.4 is 11.1 Å². The van der Waals surface area contributed by atoms with E-state index in [0.29, 0.717) is 24.2 Å². The van der Waals surface area contributed by atoms with Gasteiger partial charge in [-0.15, -0.1) is 0 Å². The Morgan fingerprint density at radius 1 is 1.35 bits per heavy atom. The first-order valence-corrected chi connectivity index (χ1v) is 6.92. The third kappa shape index (κ3) is 2.99. The maximum Gasteiger partial charge on any atom is 0.147 e. The number of hydrogen-bond donors (Lipinski definition) is 2. The standard InChI is InChI=1S/C13H18BrFN2/c14-10-5-3-6-11(15)13(10)17-12-7-2-1-4-9(12)8-16/h3,5-6,9,12,17H,1-2,4,7-8,16H2. The second kappa shape index (κ2) is 5.83. The molecule has 0 bridgehead atoms. The minimum Gasteiger partial charge on any atom is -0.379 e. The smallest absolute Gasteiger partial charge is 0.147 e. The highest BCUT2D eigenvalue weighted by Crippen LogP contribution is 2.31. The van der Waals surface area contributed by atoms with Gasteiger partial charge in [0.15, 0.2) is 0 Å². The number of anilines is 1. The normalized spacial score (nSPS) is 24.6. The van der Waals surface area contributed by atoms with Gasteiger partial charge in [-0.25, -0.2) is 4.39 Å². The highest BCUT2D eigenvalue weighted by atomic mass is 79.9. The third-order valence-electron chi connectivity index (χ3n) is 3.50. The molecule has 0 radical (unpaired) electrons. The van der Waals surface area contributed by atoms with Crippen LogP contribution in [0.2, 0.25) is 0 Å². The molecule has 0 saturated heterocycles. The number of para-hydroxylation sites is 1. The van der Waals surface area contributed by atoms with Gasteiger partial charge in [-0.05, 0) is 53.4 Å². The van der Waals surface area contributed by atoms with Gasteiger partial charge < -0.3 is 11.1 Å². The molecule has 4 heteroatoms. The number of halogens is 2. The summed E-state index contributed by atoms with van der Waals surface area (Å²) in [5, 5.41) is 3.32. The minimum atomic E-state index is -0.208. The Morgan fingerprint density at radius 2 is 2.12 bits per heavy atom. The number of benzene rings is 1. The van der Waals surface area contributed by atoms with Gasteiger partial charge in [0.25, 0.3) is 0 Å². The number of nitrogens with one attached hydrogen (secondary N) is 1. The quantitative estimate of drug-likeness (QED) is 0.896. The van der Waals surface area contributed by atoms with Gasteiger partial charge in [0, 0.05) is 10.5 Å². The summed E-state index contributed by atoms with van der Waals surface area (Å²) < 4.78 is 14.5. The predicted molar refractivity (Wildman–Crippen MR) is 72.5 cm³/mol. The van der Waals surface area contributed by atoms with Crippen LogP contribution in [0.5, 0.6) is 0 Å². The van der Waals surface area contributed by atoms with Crippen LogP contribution in [0.1, 0.15) is 25.7 Å². The first-order chi connectivity index (χ1) is 8.22. The summed E-state index contributed by atoms with van der Waals surface area (Å²) in [6, 6.07) is 5.33. The molecular formula is C13H18BrFN2. The van der Waals surface area contributed by atoms with Crippen molar-refractivity contribution in [3.8, 4) is 0 Å². The molecule has 0 heterocycles. The first kappa shape index (κ1) is 12.8. The lowest BCUT2D eigenvalue weighted by Crippen LogP contribution is -2.37. The highest BCUT2D eigenvalue weighted by molar-refractivity contribution is 9.10. The molecule has 2 unspecified atom stereocenters. The van der Waals surface area contributed by atoms with E-state index in [1.54, 1.807) is 6.07 Å². The van der Waals surface area contributed by atoms with Gasteiger partial charge in [-0.1, -0.05) is 18.9 Å². The van der Waals surface area contributed by atoms with Gasteiger partial charge in [0.05, 0.1) is 5.69 Å². The Morgan fingerprint density at radius 3 is 2.82 bits per heavy atom. The molecular weight excluding hydrogens is 283 g/mol. The molecule has 0 spiro atoms. The fourth-order valence-electron chi connectivity index (χ4n) is 2.50. The molecule has 17 heavy (non-hydrogen) atoms. The maximum atomic E-state index is 13.7.